The van der Waals surface area contributed by atoms with E-state index in [2.05, 4.69) is 61.2 Å². The van der Waals surface area contributed by atoms with E-state index in [0.29, 0.717) is 0 Å². The minimum absolute atomic E-state index is 0.753. The molecule has 4 rings (SSSR count). The number of aryl methyl sites for hydroxylation is 3. The first-order valence-corrected chi connectivity index (χ1v) is 11.2. The van der Waals surface area contributed by atoms with E-state index in [1.54, 1.807) is 17.7 Å². The Morgan fingerprint density at radius 2 is 1.77 bits per heavy atom. The first-order chi connectivity index (χ1) is 14.6. The van der Waals surface area contributed by atoms with E-state index in [1.807, 2.05) is 24.3 Å². The van der Waals surface area contributed by atoms with Crippen molar-refractivity contribution in [3.63, 3.8) is 0 Å². The van der Waals surface area contributed by atoms with Crippen molar-refractivity contribution >= 4 is 33.1 Å². The van der Waals surface area contributed by atoms with Crippen LogP contribution in [0.2, 0.25) is 0 Å². The smallest absolute Gasteiger partial charge is 0.143 e. The van der Waals surface area contributed by atoms with E-state index in [0.717, 1.165) is 46.9 Å². The molecule has 4 aromatic rings. The Morgan fingerprint density at radius 1 is 0.967 bits per heavy atom. The zero-order chi connectivity index (χ0) is 21.1. The molecular weight excluding hydrogens is 390 g/mol. The molecule has 154 valence electrons. The van der Waals surface area contributed by atoms with Crippen LogP contribution in [0.4, 0.5) is 11.5 Å². The quantitative estimate of drug-likeness (QED) is 0.323. The van der Waals surface area contributed by atoms with E-state index in [4.69, 9.17) is 4.74 Å². The topological polar surface area (TPSA) is 47.0 Å². The second kappa shape index (κ2) is 8.84. The van der Waals surface area contributed by atoms with Crippen LogP contribution < -0.4 is 10.1 Å². The fourth-order valence-corrected chi connectivity index (χ4v) is 4.50. The third-order valence-corrected chi connectivity index (χ3v) is 6.36. The molecule has 0 spiro atoms. The van der Waals surface area contributed by atoms with Crippen molar-refractivity contribution in [2.24, 2.45) is 0 Å². The van der Waals surface area contributed by atoms with Gasteiger partial charge in [-0.1, -0.05) is 31.5 Å². The number of benzene rings is 2. The Labute approximate surface area is 182 Å². The summed E-state index contributed by atoms with van der Waals surface area (Å²) in [6.07, 6.45) is 3.83. The zero-order valence-corrected chi connectivity index (χ0v) is 18.8. The molecule has 0 radical (unpaired) electrons. The average Bonchev–Trinajstić information content (AvgIpc) is 3.08. The number of fused-ring (bicyclic) bond motifs is 1. The Kier molecular flexibility index (Phi) is 6.00. The summed E-state index contributed by atoms with van der Waals surface area (Å²) in [5.41, 5.74) is 5.98. The van der Waals surface area contributed by atoms with Gasteiger partial charge in [0.15, 0.2) is 0 Å². The third-order valence-electron chi connectivity index (χ3n) is 5.34. The van der Waals surface area contributed by atoms with Crippen LogP contribution in [-0.2, 0) is 0 Å². The monoisotopic (exact) mass is 417 g/mol. The molecule has 5 heteroatoms. The molecule has 0 aliphatic carbocycles. The molecule has 0 aliphatic heterocycles. The number of hydrogen-bond donors (Lipinski definition) is 1. The van der Waals surface area contributed by atoms with Crippen LogP contribution in [-0.4, -0.2) is 16.6 Å². The van der Waals surface area contributed by atoms with Crippen LogP contribution in [0.3, 0.4) is 0 Å². The van der Waals surface area contributed by atoms with Crippen molar-refractivity contribution in [2.75, 3.05) is 11.9 Å². The highest BCUT2D eigenvalue weighted by atomic mass is 32.1. The summed E-state index contributed by atoms with van der Waals surface area (Å²) in [5.74, 6) is 1.72. The maximum absolute atomic E-state index is 5.77. The Morgan fingerprint density at radius 3 is 2.50 bits per heavy atom. The lowest BCUT2D eigenvalue weighted by atomic mass is 9.99. The summed E-state index contributed by atoms with van der Waals surface area (Å²) in [6, 6.07) is 14.7. The van der Waals surface area contributed by atoms with E-state index < -0.39 is 0 Å². The number of thiophene rings is 1. The van der Waals surface area contributed by atoms with Crippen molar-refractivity contribution in [2.45, 2.75) is 40.5 Å². The molecule has 0 aliphatic rings. The number of nitrogens with zero attached hydrogens (tertiary/aromatic N) is 2. The molecule has 0 saturated carbocycles. The Bertz CT molecular complexity index is 1170. The SMILES string of the molecule is CCCCOc1ccc(Nc2ncnc3sc(C)c(-c4ccc(C)c(C)c4)c23)cc1. The highest BCUT2D eigenvalue weighted by molar-refractivity contribution is 7.19. The van der Waals surface area contributed by atoms with Crippen LogP contribution in [0, 0.1) is 20.8 Å². The van der Waals surface area contributed by atoms with Gasteiger partial charge in [-0.3, -0.25) is 0 Å². The summed E-state index contributed by atoms with van der Waals surface area (Å²) >= 11 is 1.71. The molecule has 0 unspecified atom stereocenters. The van der Waals surface area contributed by atoms with Crippen LogP contribution in [0.1, 0.15) is 35.8 Å². The lowest BCUT2D eigenvalue weighted by Gasteiger charge is -2.11. The minimum atomic E-state index is 0.753. The molecule has 2 aromatic heterocycles. The largest absolute Gasteiger partial charge is 0.494 e. The van der Waals surface area contributed by atoms with Gasteiger partial charge in [-0.2, -0.15) is 0 Å². The van der Waals surface area contributed by atoms with Crippen LogP contribution in [0.15, 0.2) is 48.8 Å². The molecular formula is C25H27N3OS. The first-order valence-electron chi connectivity index (χ1n) is 10.4. The van der Waals surface area contributed by atoms with Gasteiger partial charge in [-0.15, -0.1) is 11.3 Å². The molecule has 1 N–H and O–H groups in total. The predicted octanol–water partition coefficient (Wildman–Crippen LogP) is 7.21. The maximum atomic E-state index is 5.77. The normalized spacial score (nSPS) is 11.1. The van der Waals surface area contributed by atoms with E-state index >= 15 is 0 Å². The summed E-state index contributed by atoms with van der Waals surface area (Å²) in [6.45, 7) is 9.37. The maximum Gasteiger partial charge on any atom is 0.143 e. The number of rotatable bonds is 7. The molecule has 0 bridgehead atoms. The highest BCUT2D eigenvalue weighted by Gasteiger charge is 2.17. The highest BCUT2D eigenvalue weighted by Crippen LogP contribution is 2.41. The minimum Gasteiger partial charge on any atom is -0.494 e. The van der Waals surface area contributed by atoms with Gasteiger partial charge in [0, 0.05) is 16.1 Å². The van der Waals surface area contributed by atoms with Gasteiger partial charge in [-0.05, 0) is 68.1 Å². The van der Waals surface area contributed by atoms with Gasteiger partial charge in [0.2, 0.25) is 0 Å². The van der Waals surface area contributed by atoms with Crippen LogP contribution >= 0.6 is 11.3 Å². The fraction of sp³-hybridized carbons (Fsp3) is 0.280. The molecule has 2 aromatic carbocycles. The van der Waals surface area contributed by atoms with Gasteiger partial charge in [-0.25, -0.2) is 9.97 Å². The number of hydrogen-bond acceptors (Lipinski definition) is 5. The third kappa shape index (κ3) is 4.17. The second-order valence-corrected chi connectivity index (χ2v) is 8.79. The van der Waals surface area contributed by atoms with Gasteiger partial charge >= 0.3 is 0 Å². The van der Waals surface area contributed by atoms with Gasteiger partial charge in [0.1, 0.15) is 22.7 Å². The Hall–Kier alpha value is -2.92. The number of unbranched alkanes of at least 4 members (excludes halogenated alkanes) is 1. The molecule has 4 nitrogen and oxygen atoms in total. The number of aromatic nitrogens is 2. The summed E-state index contributed by atoms with van der Waals surface area (Å²) < 4.78 is 5.77. The number of nitrogens with one attached hydrogen (secondary N) is 1. The second-order valence-electron chi connectivity index (χ2n) is 7.59. The lowest BCUT2D eigenvalue weighted by molar-refractivity contribution is 0.309. The molecule has 0 fully saturated rings. The number of ether oxygens (including phenoxy) is 1. The zero-order valence-electron chi connectivity index (χ0n) is 18.0. The lowest BCUT2D eigenvalue weighted by Crippen LogP contribution is -1.98. The van der Waals surface area contributed by atoms with E-state index in [-0.39, 0.29) is 0 Å². The van der Waals surface area contributed by atoms with E-state index in [1.165, 1.54) is 27.1 Å². The van der Waals surface area contributed by atoms with Crippen molar-refractivity contribution in [1.29, 1.82) is 0 Å². The molecule has 0 amide bonds. The number of anilines is 2. The molecule has 0 atom stereocenters. The average molecular weight is 418 g/mol. The predicted molar refractivity (Wildman–Crippen MR) is 127 cm³/mol. The first kappa shape index (κ1) is 20.4. The standard InChI is InChI=1S/C25H27N3OS/c1-5-6-13-29-21-11-9-20(10-12-21)28-24-23-22(18(4)30-25(23)27-15-26-24)19-8-7-16(2)17(3)14-19/h7-12,14-15H,5-6,13H2,1-4H3,(H,26,27,28). The summed E-state index contributed by atoms with van der Waals surface area (Å²) in [5, 5.41) is 4.57. The van der Waals surface area contributed by atoms with Crippen LogP contribution in [0.25, 0.3) is 21.3 Å². The van der Waals surface area contributed by atoms with Crippen molar-refractivity contribution < 1.29 is 4.74 Å². The van der Waals surface area contributed by atoms with E-state index in [9.17, 15) is 0 Å². The Balaban J connectivity index is 1.69. The van der Waals surface area contributed by atoms with Crippen molar-refractivity contribution in [3.8, 4) is 16.9 Å². The molecule has 30 heavy (non-hydrogen) atoms. The fourth-order valence-electron chi connectivity index (χ4n) is 3.49. The summed E-state index contributed by atoms with van der Waals surface area (Å²) in [7, 11) is 0. The summed E-state index contributed by atoms with van der Waals surface area (Å²) in [4.78, 5) is 11.4. The molecule has 2 heterocycles. The van der Waals surface area contributed by atoms with Crippen molar-refractivity contribution in [1.82, 2.24) is 9.97 Å². The van der Waals surface area contributed by atoms with Crippen molar-refractivity contribution in [3.05, 3.63) is 64.8 Å². The van der Waals surface area contributed by atoms with Crippen LogP contribution in [0.5, 0.6) is 5.75 Å². The molecule has 0 saturated heterocycles. The van der Waals surface area contributed by atoms with Gasteiger partial charge in [0.05, 0.1) is 12.0 Å². The van der Waals surface area contributed by atoms with Gasteiger partial charge < -0.3 is 10.1 Å². The van der Waals surface area contributed by atoms with Gasteiger partial charge in [0.25, 0.3) is 0 Å².